The molecule has 2 aliphatic heterocycles. The van der Waals surface area contributed by atoms with Crippen LogP contribution in [0.25, 0.3) is 0 Å². The van der Waals surface area contributed by atoms with Crippen molar-refractivity contribution in [2.75, 3.05) is 25.9 Å². The topological polar surface area (TPSA) is 45.4 Å². The minimum Gasteiger partial charge on any atom is -0.397 e. The highest BCUT2D eigenvalue weighted by Crippen LogP contribution is 2.29. The molecule has 2 atom stereocenters. The molecule has 2 saturated heterocycles. The number of likely N-dealkylation sites (tertiary alicyclic amines) is 1. The number of likely N-dealkylation sites (N-methyl/N-ethyl adjacent to an activating group) is 1. The molecule has 0 saturated carbocycles. The van der Waals surface area contributed by atoms with Crippen LogP contribution in [-0.2, 0) is 6.54 Å². The van der Waals surface area contributed by atoms with E-state index < -0.39 is 0 Å². The van der Waals surface area contributed by atoms with Gasteiger partial charge in [0.15, 0.2) is 0 Å². The molecule has 3 heterocycles. The van der Waals surface area contributed by atoms with E-state index in [9.17, 15) is 0 Å². The van der Waals surface area contributed by atoms with Crippen LogP contribution in [0.1, 0.15) is 25.0 Å². The Labute approximate surface area is 109 Å². The van der Waals surface area contributed by atoms with Crippen molar-refractivity contribution in [3.63, 3.8) is 0 Å². The maximum Gasteiger partial charge on any atom is 0.0772 e. The standard InChI is InChI=1S/C14H22N4/c1-17-11-4-5-12(17)9-18(8-6-11)10-14-13(15)3-2-7-16-14/h2-3,7,11-12H,4-6,8-10,15H2,1H3. The second kappa shape index (κ2) is 4.86. The average Bonchev–Trinajstić information content (AvgIpc) is 2.60. The molecule has 3 rings (SSSR count). The van der Waals surface area contributed by atoms with Gasteiger partial charge < -0.3 is 5.73 Å². The van der Waals surface area contributed by atoms with Gasteiger partial charge in [-0.3, -0.25) is 14.8 Å². The van der Waals surface area contributed by atoms with Crippen molar-refractivity contribution in [3.8, 4) is 0 Å². The number of nitrogen functional groups attached to an aromatic ring is 1. The average molecular weight is 246 g/mol. The van der Waals surface area contributed by atoms with Crippen LogP contribution in [-0.4, -0.2) is 47.0 Å². The van der Waals surface area contributed by atoms with E-state index in [-0.39, 0.29) is 0 Å². The van der Waals surface area contributed by atoms with Crippen molar-refractivity contribution in [2.24, 2.45) is 0 Å². The first-order valence-electron chi connectivity index (χ1n) is 6.87. The third-order valence-electron chi connectivity index (χ3n) is 4.53. The molecule has 2 aliphatic rings. The molecule has 0 amide bonds. The predicted molar refractivity (Wildman–Crippen MR) is 73.1 cm³/mol. The van der Waals surface area contributed by atoms with Crippen molar-refractivity contribution < 1.29 is 0 Å². The summed E-state index contributed by atoms with van der Waals surface area (Å²) in [5, 5.41) is 0. The quantitative estimate of drug-likeness (QED) is 0.855. The van der Waals surface area contributed by atoms with Gasteiger partial charge in [0.1, 0.15) is 0 Å². The van der Waals surface area contributed by atoms with Crippen molar-refractivity contribution >= 4 is 5.69 Å². The zero-order chi connectivity index (χ0) is 12.5. The summed E-state index contributed by atoms with van der Waals surface area (Å²) in [5.74, 6) is 0. The Balaban J connectivity index is 1.69. The Morgan fingerprint density at radius 1 is 1.33 bits per heavy atom. The summed E-state index contributed by atoms with van der Waals surface area (Å²) in [7, 11) is 2.28. The smallest absolute Gasteiger partial charge is 0.0772 e. The molecule has 1 aromatic heterocycles. The van der Waals surface area contributed by atoms with Gasteiger partial charge in [-0.25, -0.2) is 0 Å². The fraction of sp³-hybridized carbons (Fsp3) is 0.643. The molecule has 0 aromatic carbocycles. The molecule has 0 spiro atoms. The van der Waals surface area contributed by atoms with Gasteiger partial charge in [-0.05, 0) is 38.4 Å². The third kappa shape index (κ3) is 2.22. The lowest BCUT2D eigenvalue weighted by atomic mass is 10.1. The van der Waals surface area contributed by atoms with E-state index in [1.54, 1.807) is 0 Å². The van der Waals surface area contributed by atoms with E-state index in [1.165, 1.54) is 25.8 Å². The molecule has 4 heteroatoms. The zero-order valence-corrected chi connectivity index (χ0v) is 11.0. The fourth-order valence-corrected chi connectivity index (χ4v) is 3.32. The summed E-state index contributed by atoms with van der Waals surface area (Å²) in [4.78, 5) is 9.49. The normalized spacial score (nSPS) is 29.4. The fourth-order valence-electron chi connectivity index (χ4n) is 3.32. The molecule has 2 unspecified atom stereocenters. The highest BCUT2D eigenvalue weighted by Gasteiger charge is 2.34. The van der Waals surface area contributed by atoms with Crippen LogP contribution in [0.15, 0.2) is 18.3 Å². The van der Waals surface area contributed by atoms with E-state index in [0.717, 1.165) is 36.6 Å². The number of fused-ring (bicyclic) bond motifs is 2. The van der Waals surface area contributed by atoms with Crippen LogP contribution in [0.2, 0.25) is 0 Å². The third-order valence-corrected chi connectivity index (χ3v) is 4.53. The van der Waals surface area contributed by atoms with E-state index in [2.05, 4.69) is 21.8 Å². The number of nitrogens with two attached hydrogens (primary N) is 1. The Bertz CT molecular complexity index is 420. The molecule has 4 nitrogen and oxygen atoms in total. The van der Waals surface area contributed by atoms with Crippen LogP contribution < -0.4 is 5.73 Å². The van der Waals surface area contributed by atoms with Crippen LogP contribution in [0.3, 0.4) is 0 Å². The minimum absolute atomic E-state index is 0.724. The van der Waals surface area contributed by atoms with E-state index >= 15 is 0 Å². The van der Waals surface area contributed by atoms with Crippen LogP contribution in [0.5, 0.6) is 0 Å². The monoisotopic (exact) mass is 246 g/mol. The van der Waals surface area contributed by atoms with Gasteiger partial charge in [-0.2, -0.15) is 0 Å². The SMILES string of the molecule is CN1C2CCC1CN(Cc1ncccc1N)CC2. The van der Waals surface area contributed by atoms with Gasteiger partial charge in [0.2, 0.25) is 0 Å². The number of rotatable bonds is 2. The first kappa shape index (κ1) is 11.9. The molecule has 98 valence electrons. The second-order valence-electron chi connectivity index (χ2n) is 5.61. The lowest BCUT2D eigenvalue weighted by Crippen LogP contribution is -2.36. The number of nitrogens with zero attached hydrogens (tertiary/aromatic N) is 3. The Morgan fingerprint density at radius 2 is 2.17 bits per heavy atom. The summed E-state index contributed by atoms with van der Waals surface area (Å²) in [6.45, 7) is 3.22. The molecule has 18 heavy (non-hydrogen) atoms. The van der Waals surface area contributed by atoms with Crippen molar-refractivity contribution in [3.05, 3.63) is 24.0 Å². The Kier molecular flexibility index (Phi) is 3.22. The van der Waals surface area contributed by atoms with Gasteiger partial charge in [-0.15, -0.1) is 0 Å². The summed E-state index contributed by atoms with van der Waals surface area (Å²) in [6.07, 6.45) is 5.83. The van der Waals surface area contributed by atoms with Gasteiger partial charge in [0.05, 0.1) is 11.4 Å². The van der Waals surface area contributed by atoms with Gasteiger partial charge in [-0.1, -0.05) is 0 Å². The summed E-state index contributed by atoms with van der Waals surface area (Å²) < 4.78 is 0. The molecule has 2 bridgehead atoms. The van der Waals surface area contributed by atoms with Gasteiger partial charge in [0.25, 0.3) is 0 Å². The highest BCUT2D eigenvalue weighted by atomic mass is 15.3. The minimum atomic E-state index is 0.724. The number of hydrogen-bond acceptors (Lipinski definition) is 4. The summed E-state index contributed by atoms with van der Waals surface area (Å²) in [5.41, 5.74) is 7.83. The summed E-state index contributed by atoms with van der Waals surface area (Å²) >= 11 is 0. The predicted octanol–water partition coefficient (Wildman–Crippen LogP) is 1.33. The van der Waals surface area contributed by atoms with Crippen molar-refractivity contribution in [2.45, 2.75) is 37.9 Å². The number of pyridine rings is 1. The molecule has 2 fully saturated rings. The zero-order valence-electron chi connectivity index (χ0n) is 11.0. The van der Waals surface area contributed by atoms with Crippen LogP contribution in [0, 0.1) is 0 Å². The molecule has 1 aromatic rings. The first-order valence-corrected chi connectivity index (χ1v) is 6.87. The van der Waals surface area contributed by atoms with E-state index in [0.29, 0.717) is 0 Å². The maximum absolute atomic E-state index is 5.98. The Hall–Kier alpha value is -1.13. The van der Waals surface area contributed by atoms with Crippen molar-refractivity contribution in [1.82, 2.24) is 14.8 Å². The first-order chi connectivity index (χ1) is 8.74. The highest BCUT2D eigenvalue weighted by molar-refractivity contribution is 5.41. The lowest BCUT2D eigenvalue weighted by Gasteiger charge is -2.25. The van der Waals surface area contributed by atoms with E-state index in [4.69, 9.17) is 5.73 Å². The number of aromatic nitrogens is 1. The summed E-state index contributed by atoms with van der Waals surface area (Å²) in [6, 6.07) is 5.36. The van der Waals surface area contributed by atoms with Crippen LogP contribution in [0.4, 0.5) is 5.69 Å². The molecular weight excluding hydrogens is 224 g/mol. The van der Waals surface area contributed by atoms with Gasteiger partial charge >= 0.3 is 0 Å². The maximum atomic E-state index is 5.98. The second-order valence-corrected chi connectivity index (χ2v) is 5.61. The number of hydrogen-bond donors (Lipinski definition) is 1. The number of anilines is 1. The van der Waals surface area contributed by atoms with Crippen molar-refractivity contribution in [1.29, 1.82) is 0 Å². The largest absolute Gasteiger partial charge is 0.397 e. The lowest BCUT2D eigenvalue weighted by molar-refractivity contribution is 0.213. The van der Waals surface area contributed by atoms with Crippen LogP contribution >= 0.6 is 0 Å². The molecule has 0 radical (unpaired) electrons. The van der Waals surface area contributed by atoms with Gasteiger partial charge in [0, 0.05) is 37.9 Å². The molecular formula is C14H22N4. The Morgan fingerprint density at radius 3 is 3.00 bits per heavy atom. The van der Waals surface area contributed by atoms with E-state index in [1.807, 2.05) is 18.3 Å². The molecule has 0 aliphatic carbocycles. The molecule has 2 N–H and O–H groups in total.